The van der Waals surface area contributed by atoms with Gasteiger partial charge < -0.3 is 10.1 Å². The summed E-state index contributed by atoms with van der Waals surface area (Å²) < 4.78 is 5.06. The minimum absolute atomic E-state index is 0.0382. The summed E-state index contributed by atoms with van der Waals surface area (Å²) >= 11 is 11.9. The quantitative estimate of drug-likeness (QED) is 0.386. The fraction of sp³-hybridized carbons (Fsp3) is 0.120. The lowest BCUT2D eigenvalue weighted by molar-refractivity contribution is -0.119. The van der Waals surface area contributed by atoms with Crippen LogP contribution in [0, 0.1) is 13.8 Å². The summed E-state index contributed by atoms with van der Waals surface area (Å²) in [5.74, 6) is -2.44. The average Bonchev–Trinajstić information content (AvgIpc) is 3.06. The number of hydrogen-bond acceptors (Lipinski definition) is 5. The number of carbonyl (C=O) groups is 4. The molecule has 1 aliphatic heterocycles. The van der Waals surface area contributed by atoms with Gasteiger partial charge in [-0.2, -0.15) is 0 Å². The fourth-order valence-electron chi connectivity index (χ4n) is 3.56. The molecule has 3 aromatic carbocycles. The zero-order chi connectivity index (χ0) is 24.6. The van der Waals surface area contributed by atoms with Crippen LogP contribution in [0.25, 0.3) is 0 Å². The number of amides is 3. The van der Waals surface area contributed by atoms with Crippen molar-refractivity contribution >= 4 is 58.3 Å². The van der Waals surface area contributed by atoms with Gasteiger partial charge in [0, 0.05) is 5.02 Å². The molecule has 0 aromatic heterocycles. The molecular weight excluding hydrogens is 479 g/mol. The van der Waals surface area contributed by atoms with Crippen LogP contribution in [0.3, 0.4) is 0 Å². The molecule has 0 saturated heterocycles. The number of esters is 1. The molecule has 172 valence electrons. The summed E-state index contributed by atoms with van der Waals surface area (Å²) in [6.07, 6.45) is 0. The number of aryl methyl sites for hydroxylation is 1. The van der Waals surface area contributed by atoms with Gasteiger partial charge in [-0.25, -0.2) is 9.69 Å². The molecule has 0 radical (unpaired) electrons. The Morgan fingerprint density at radius 2 is 1.68 bits per heavy atom. The fourth-order valence-corrected chi connectivity index (χ4v) is 3.90. The Hall–Kier alpha value is -3.68. The normalized spacial score (nSPS) is 12.5. The molecule has 0 bridgehead atoms. The standard InChI is InChI=1S/C25H18Cl2N2O5/c1-13-4-3-5-21(14(13)2)29-23(31)17-8-6-15(10-18(17)24(29)32)25(33)34-12-22(30)28-20-11-16(26)7-9-19(20)27/h3-11H,12H2,1-2H3,(H,28,30). The molecule has 3 aromatic rings. The Kier molecular flexibility index (Phi) is 6.41. The van der Waals surface area contributed by atoms with Gasteiger partial charge in [0.05, 0.1) is 33.1 Å². The maximum absolute atomic E-state index is 13.0. The predicted molar refractivity (Wildman–Crippen MR) is 129 cm³/mol. The molecule has 7 nitrogen and oxygen atoms in total. The maximum atomic E-state index is 13.0. The van der Waals surface area contributed by atoms with Crippen LogP contribution in [-0.4, -0.2) is 30.3 Å². The van der Waals surface area contributed by atoms with Crippen molar-refractivity contribution in [3.05, 3.63) is 92.5 Å². The number of benzene rings is 3. The monoisotopic (exact) mass is 496 g/mol. The van der Waals surface area contributed by atoms with E-state index in [1.807, 2.05) is 19.9 Å². The molecule has 9 heteroatoms. The SMILES string of the molecule is Cc1cccc(N2C(=O)c3ccc(C(=O)OCC(=O)Nc4cc(Cl)ccc4Cl)cc3C2=O)c1C. The van der Waals surface area contributed by atoms with E-state index in [0.717, 1.165) is 16.0 Å². The van der Waals surface area contributed by atoms with E-state index in [1.54, 1.807) is 18.2 Å². The first-order chi connectivity index (χ1) is 16.2. The predicted octanol–water partition coefficient (Wildman–Crippen LogP) is 5.21. The van der Waals surface area contributed by atoms with Gasteiger partial charge in [-0.15, -0.1) is 0 Å². The van der Waals surface area contributed by atoms with Gasteiger partial charge in [-0.3, -0.25) is 14.4 Å². The van der Waals surface area contributed by atoms with Crippen molar-refractivity contribution in [1.82, 2.24) is 0 Å². The minimum Gasteiger partial charge on any atom is -0.452 e. The third-order valence-corrected chi connectivity index (χ3v) is 6.04. The highest BCUT2D eigenvalue weighted by molar-refractivity contribution is 6.36. The number of rotatable bonds is 5. The largest absolute Gasteiger partial charge is 0.452 e. The van der Waals surface area contributed by atoms with Crippen LogP contribution in [0.2, 0.25) is 10.0 Å². The number of nitrogens with zero attached hydrogens (tertiary/aromatic N) is 1. The molecule has 1 heterocycles. The molecule has 0 atom stereocenters. The van der Waals surface area contributed by atoms with Crippen LogP contribution in [0.15, 0.2) is 54.6 Å². The number of imide groups is 1. The topological polar surface area (TPSA) is 92.8 Å². The van der Waals surface area contributed by atoms with Gasteiger partial charge in [-0.05, 0) is 67.4 Å². The Balaban J connectivity index is 1.48. The summed E-state index contributed by atoms with van der Waals surface area (Å²) in [5, 5.41) is 3.16. The van der Waals surface area contributed by atoms with Crippen molar-refractivity contribution in [2.45, 2.75) is 13.8 Å². The molecular formula is C25H18Cl2N2O5. The molecule has 0 fully saturated rings. The third kappa shape index (κ3) is 4.40. The van der Waals surface area contributed by atoms with Crippen molar-refractivity contribution in [3.8, 4) is 0 Å². The molecule has 3 amide bonds. The first-order valence-corrected chi connectivity index (χ1v) is 10.9. The van der Waals surface area contributed by atoms with Gasteiger partial charge in [0.15, 0.2) is 6.61 Å². The molecule has 1 aliphatic rings. The highest BCUT2D eigenvalue weighted by atomic mass is 35.5. The first kappa shape index (κ1) is 23.5. The Bertz CT molecular complexity index is 1370. The molecule has 0 saturated carbocycles. The van der Waals surface area contributed by atoms with E-state index in [9.17, 15) is 19.2 Å². The van der Waals surface area contributed by atoms with E-state index in [0.29, 0.717) is 10.7 Å². The van der Waals surface area contributed by atoms with Gasteiger partial charge in [-0.1, -0.05) is 35.3 Å². The minimum atomic E-state index is -0.819. The van der Waals surface area contributed by atoms with Crippen LogP contribution >= 0.6 is 23.2 Å². The van der Waals surface area contributed by atoms with E-state index in [-0.39, 0.29) is 27.4 Å². The lowest BCUT2D eigenvalue weighted by atomic mass is 10.1. The summed E-state index contributed by atoms with van der Waals surface area (Å²) in [6.45, 7) is 3.14. The maximum Gasteiger partial charge on any atom is 0.338 e. The van der Waals surface area contributed by atoms with Gasteiger partial charge in [0.25, 0.3) is 17.7 Å². The second kappa shape index (κ2) is 9.29. The number of ether oxygens (including phenoxy) is 1. The van der Waals surface area contributed by atoms with E-state index in [4.69, 9.17) is 27.9 Å². The highest BCUT2D eigenvalue weighted by Crippen LogP contribution is 2.32. The second-order valence-corrected chi connectivity index (χ2v) is 8.52. The smallest absolute Gasteiger partial charge is 0.338 e. The molecule has 4 rings (SSSR count). The Morgan fingerprint density at radius 1 is 0.941 bits per heavy atom. The zero-order valence-corrected chi connectivity index (χ0v) is 19.7. The van der Waals surface area contributed by atoms with E-state index >= 15 is 0 Å². The van der Waals surface area contributed by atoms with Gasteiger partial charge in [0.2, 0.25) is 0 Å². The average molecular weight is 497 g/mol. The number of hydrogen-bond donors (Lipinski definition) is 1. The molecule has 0 unspecified atom stereocenters. The van der Waals surface area contributed by atoms with Crippen LogP contribution < -0.4 is 10.2 Å². The third-order valence-electron chi connectivity index (χ3n) is 5.48. The summed E-state index contributed by atoms with van der Waals surface area (Å²) in [7, 11) is 0. The molecule has 0 aliphatic carbocycles. The Morgan fingerprint density at radius 3 is 2.44 bits per heavy atom. The van der Waals surface area contributed by atoms with E-state index in [2.05, 4.69) is 5.32 Å². The number of fused-ring (bicyclic) bond motifs is 1. The number of halogens is 2. The van der Waals surface area contributed by atoms with E-state index < -0.39 is 30.3 Å². The highest BCUT2D eigenvalue weighted by Gasteiger charge is 2.38. The van der Waals surface area contributed by atoms with E-state index in [1.165, 1.54) is 30.3 Å². The number of nitrogens with one attached hydrogen (secondary N) is 1. The number of carbonyl (C=O) groups excluding carboxylic acids is 4. The molecule has 0 spiro atoms. The van der Waals surface area contributed by atoms with Crippen LogP contribution in [0.5, 0.6) is 0 Å². The van der Waals surface area contributed by atoms with Crippen LogP contribution in [-0.2, 0) is 9.53 Å². The molecule has 1 N–H and O–H groups in total. The zero-order valence-electron chi connectivity index (χ0n) is 18.1. The van der Waals surface area contributed by atoms with Gasteiger partial charge >= 0.3 is 5.97 Å². The first-order valence-electron chi connectivity index (χ1n) is 10.2. The number of anilines is 2. The van der Waals surface area contributed by atoms with Crippen molar-refractivity contribution in [2.24, 2.45) is 0 Å². The van der Waals surface area contributed by atoms with Gasteiger partial charge in [0.1, 0.15) is 0 Å². The van der Waals surface area contributed by atoms with Crippen LogP contribution in [0.4, 0.5) is 11.4 Å². The lowest BCUT2D eigenvalue weighted by Crippen LogP contribution is -2.30. The van der Waals surface area contributed by atoms with Crippen molar-refractivity contribution in [2.75, 3.05) is 16.8 Å². The molecule has 34 heavy (non-hydrogen) atoms. The summed E-state index contributed by atoms with van der Waals surface area (Å²) in [5.41, 5.74) is 2.84. The second-order valence-electron chi connectivity index (χ2n) is 7.67. The van der Waals surface area contributed by atoms with Crippen LogP contribution in [0.1, 0.15) is 42.2 Å². The van der Waals surface area contributed by atoms with Crippen molar-refractivity contribution in [1.29, 1.82) is 0 Å². The lowest BCUT2D eigenvalue weighted by Gasteiger charge is -2.17. The van der Waals surface area contributed by atoms with Crippen molar-refractivity contribution in [3.63, 3.8) is 0 Å². The Labute approximate surface area is 205 Å². The van der Waals surface area contributed by atoms with Crippen molar-refractivity contribution < 1.29 is 23.9 Å². The summed E-state index contributed by atoms with van der Waals surface area (Å²) in [6, 6.07) is 14.0. The summed E-state index contributed by atoms with van der Waals surface area (Å²) in [4.78, 5) is 51.7.